The molecule has 0 saturated heterocycles. The number of carbonyl (C=O) groups excluding carboxylic acids is 1. The lowest BCUT2D eigenvalue weighted by molar-refractivity contribution is -0.124. The van der Waals surface area contributed by atoms with E-state index >= 15 is 0 Å². The van der Waals surface area contributed by atoms with Crippen LogP contribution in [0.5, 0.6) is 0 Å². The van der Waals surface area contributed by atoms with Gasteiger partial charge in [0, 0.05) is 18.1 Å². The highest BCUT2D eigenvalue weighted by atomic mass is 16.2. The Morgan fingerprint density at radius 3 is 2.18 bits per heavy atom. The van der Waals surface area contributed by atoms with Gasteiger partial charge in [-0.3, -0.25) is 4.79 Å². The Kier molecular flexibility index (Phi) is 6.15. The van der Waals surface area contributed by atoms with Gasteiger partial charge in [-0.2, -0.15) is 0 Å². The molecule has 1 rings (SSSR count). The van der Waals surface area contributed by atoms with Gasteiger partial charge < -0.3 is 16.4 Å². The lowest BCUT2D eigenvalue weighted by Gasteiger charge is -2.32. The standard InChI is InChI=1S/C18H31N3O/c1-13(14-10-8-7-9-11-14)21-18(5,6)12-20-16(22)15(19)17(2,3)4/h7-11,13,15,21H,12,19H2,1-6H3,(H,20,22)/t13?,15-/m1/s1. The zero-order valence-electron chi connectivity index (χ0n) is 14.7. The number of nitrogens with two attached hydrogens (primary N) is 1. The van der Waals surface area contributed by atoms with Crippen molar-refractivity contribution < 1.29 is 4.79 Å². The normalized spacial score (nSPS) is 15.2. The summed E-state index contributed by atoms with van der Waals surface area (Å²) in [6.45, 7) is 12.7. The van der Waals surface area contributed by atoms with E-state index < -0.39 is 6.04 Å². The molecule has 124 valence electrons. The van der Waals surface area contributed by atoms with E-state index in [0.717, 1.165) is 0 Å². The average Bonchev–Trinajstić information content (AvgIpc) is 2.43. The van der Waals surface area contributed by atoms with Gasteiger partial charge in [-0.1, -0.05) is 51.1 Å². The van der Waals surface area contributed by atoms with E-state index in [9.17, 15) is 4.79 Å². The van der Waals surface area contributed by atoms with Gasteiger partial charge in [-0.05, 0) is 31.7 Å². The molecule has 4 nitrogen and oxygen atoms in total. The van der Waals surface area contributed by atoms with Crippen LogP contribution in [-0.4, -0.2) is 24.0 Å². The van der Waals surface area contributed by atoms with Crippen molar-refractivity contribution in [3.8, 4) is 0 Å². The topological polar surface area (TPSA) is 67.1 Å². The minimum atomic E-state index is -0.505. The van der Waals surface area contributed by atoms with E-state index in [4.69, 9.17) is 5.73 Å². The summed E-state index contributed by atoms with van der Waals surface area (Å²) >= 11 is 0. The van der Waals surface area contributed by atoms with E-state index in [2.05, 4.69) is 43.5 Å². The van der Waals surface area contributed by atoms with Gasteiger partial charge in [0.15, 0.2) is 0 Å². The van der Waals surface area contributed by atoms with Gasteiger partial charge in [0.2, 0.25) is 5.91 Å². The number of benzene rings is 1. The molecular weight excluding hydrogens is 274 g/mol. The number of nitrogens with one attached hydrogen (secondary N) is 2. The Morgan fingerprint density at radius 2 is 1.68 bits per heavy atom. The van der Waals surface area contributed by atoms with E-state index in [1.165, 1.54) is 5.56 Å². The third-order valence-electron chi connectivity index (χ3n) is 3.83. The fourth-order valence-corrected chi connectivity index (χ4v) is 2.27. The SMILES string of the molecule is CC(NC(C)(C)CNC(=O)[C@@H](N)C(C)(C)C)c1ccccc1. The van der Waals surface area contributed by atoms with Crippen LogP contribution in [0.15, 0.2) is 30.3 Å². The molecule has 1 aromatic rings. The van der Waals surface area contributed by atoms with Gasteiger partial charge in [0.25, 0.3) is 0 Å². The van der Waals surface area contributed by atoms with Gasteiger partial charge >= 0.3 is 0 Å². The molecule has 0 saturated carbocycles. The van der Waals surface area contributed by atoms with Crippen LogP contribution in [0.4, 0.5) is 0 Å². The molecule has 0 aliphatic carbocycles. The van der Waals surface area contributed by atoms with Crippen molar-refractivity contribution in [2.75, 3.05) is 6.54 Å². The molecule has 1 amide bonds. The first-order valence-electron chi connectivity index (χ1n) is 7.89. The van der Waals surface area contributed by atoms with Crippen LogP contribution in [0.25, 0.3) is 0 Å². The zero-order chi connectivity index (χ0) is 17.0. The quantitative estimate of drug-likeness (QED) is 0.757. The highest BCUT2D eigenvalue weighted by Gasteiger charge is 2.29. The fraction of sp³-hybridized carbons (Fsp3) is 0.611. The molecule has 0 radical (unpaired) electrons. The lowest BCUT2D eigenvalue weighted by atomic mass is 9.87. The van der Waals surface area contributed by atoms with E-state index in [1.807, 2.05) is 39.0 Å². The minimum absolute atomic E-state index is 0.102. The third kappa shape index (κ3) is 5.78. The first-order chi connectivity index (χ1) is 10.0. The fourth-order valence-electron chi connectivity index (χ4n) is 2.27. The molecule has 0 bridgehead atoms. The summed E-state index contributed by atoms with van der Waals surface area (Å²) in [5.41, 5.74) is 6.76. The van der Waals surface area contributed by atoms with E-state index in [0.29, 0.717) is 6.54 Å². The van der Waals surface area contributed by atoms with Crippen LogP contribution < -0.4 is 16.4 Å². The van der Waals surface area contributed by atoms with Crippen LogP contribution in [-0.2, 0) is 4.79 Å². The van der Waals surface area contributed by atoms with Crippen LogP contribution in [0.1, 0.15) is 53.1 Å². The molecule has 4 heteroatoms. The molecule has 0 aromatic heterocycles. The molecule has 22 heavy (non-hydrogen) atoms. The zero-order valence-corrected chi connectivity index (χ0v) is 14.7. The highest BCUT2D eigenvalue weighted by Crippen LogP contribution is 2.18. The predicted octanol–water partition coefficient (Wildman–Crippen LogP) is 2.61. The Balaban J connectivity index is 2.55. The summed E-state index contributed by atoms with van der Waals surface area (Å²) in [4.78, 5) is 12.1. The lowest BCUT2D eigenvalue weighted by Crippen LogP contribution is -2.55. The molecule has 0 aliphatic heterocycles. The first kappa shape index (κ1) is 18.7. The van der Waals surface area contributed by atoms with Crippen molar-refractivity contribution in [3.63, 3.8) is 0 Å². The number of amides is 1. The molecule has 1 unspecified atom stereocenters. The average molecular weight is 305 g/mol. The second kappa shape index (κ2) is 7.25. The maximum atomic E-state index is 12.1. The van der Waals surface area contributed by atoms with E-state index in [-0.39, 0.29) is 22.9 Å². The van der Waals surface area contributed by atoms with Crippen LogP contribution >= 0.6 is 0 Å². The summed E-state index contributed by atoms with van der Waals surface area (Å²) in [6, 6.07) is 9.98. The van der Waals surface area contributed by atoms with E-state index in [1.54, 1.807) is 0 Å². The largest absolute Gasteiger partial charge is 0.353 e. The Hall–Kier alpha value is -1.39. The summed E-state index contributed by atoms with van der Waals surface area (Å²) in [5, 5.41) is 6.51. The van der Waals surface area contributed by atoms with Crippen LogP contribution in [0.3, 0.4) is 0 Å². The van der Waals surface area contributed by atoms with Crippen molar-refractivity contribution >= 4 is 5.91 Å². The first-order valence-corrected chi connectivity index (χ1v) is 7.89. The molecule has 4 N–H and O–H groups in total. The maximum Gasteiger partial charge on any atom is 0.237 e. The van der Waals surface area contributed by atoms with Gasteiger partial charge in [0.05, 0.1) is 6.04 Å². The van der Waals surface area contributed by atoms with Crippen molar-refractivity contribution in [1.29, 1.82) is 0 Å². The summed E-state index contributed by atoms with van der Waals surface area (Å²) in [7, 11) is 0. The molecule has 2 atom stereocenters. The molecule has 1 aromatic carbocycles. The second-order valence-electron chi connectivity index (χ2n) is 7.72. The monoisotopic (exact) mass is 305 g/mol. The Bertz CT molecular complexity index is 477. The smallest absolute Gasteiger partial charge is 0.237 e. The highest BCUT2D eigenvalue weighted by molar-refractivity contribution is 5.82. The predicted molar refractivity (Wildman–Crippen MR) is 92.5 cm³/mol. The molecule has 0 heterocycles. The molecule has 0 fully saturated rings. The summed E-state index contributed by atoms with van der Waals surface area (Å²) < 4.78 is 0. The maximum absolute atomic E-state index is 12.1. The molecule has 0 spiro atoms. The summed E-state index contributed by atoms with van der Waals surface area (Å²) in [5.74, 6) is -0.102. The second-order valence-corrected chi connectivity index (χ2v) is 7.72. The number of hydrogen-bond donors (Lipinski definition) is 3. The van der Waals surface area contributed by atoms with Crippen LogP contribution in [0.2, 0.25) is 0 Å². The number of carbonyl (C=O) groups is 1. The number of hydrogen-bond acceptors (Lipinski definition) is 3. The molecular formula is C18H31N3O. The van der Waals surface area contributed by atoms with Gasteiger partial charge in [-0.15, -0.1) is 0 Å². The Labute approximate surface area is 134 Å². The van der Waals surface area contributed by atoms with Crippen LogP contribution in [0, 0.1) is 5.41 Å². The molecule has 0 aliphatic rings. The Morgan fingerprint density at radius 1 is 1.14 bits per heavy atom. The van der Waals surface area contributed by atoms with Gasteiger partial charge in [-0.25, -0.2) is 0 Å². The van der Waals surface area contributed by atoms with Crippen molar-refractivity contribution in [2.45, 2.75) is 59.2 Å². The summed E-state index contributed by atoms with van der Waals surface area (Å²) in [6.07, 6.45) is 0. The van der Waals surface area contributed by atoms with Crippen molar-refractivity contribution in [1.82, 2.24) is 10.6 Å². The van der Waals surface area contributed by atoms with Gasteiger partial charge in [0.1, 0.15) is 0 Å². The number of rotatable bonds is 6. The minimum Gasteiger partial charge on any atom is -0.353 e. The van der Waals surface area contributed by atoms with Crippen molar-refractivity contribution in [3.05, 3.63) is 35.9 Å². The van der Waals surface area contributed by atoms with Crippen molar-refractivity contribution in [2.24, 2.45) is 11.1 Å². The third-order valence-corrected chi connectivity index (χ3v) is 3.83.